The summed E-state index contributed by atoms with van der Waals surface area (Å²) in [5.74, 6) is 0. The molecule has 2 N–H and O–H groups in total. The summed E-state index contributed by atoms with van der Waals surface area (Å²) in [4.78, 5) is 5.86. The zero-order chi connectivity index (χ0) is 13.1. The van der Waals surface area contributed by atoms with Gasteiger partial charge in [0, 0.05) is 22.7 Å². The second kappa shape index (κ2) is 5.55. The highest BCUT2D eigenvalue weighted by Crippen LogP contribution is 2.32. The Balaban J connectivity index is 2.43. The van der Waals surface area contributed by atoms with Crippen LogP contribution in [0.15, 0.2) is 40.3 Å². The number of nitrogens with two attached hydrogens (primary N) is 1. The minimum Gasteiger partial charge on any atom is -0.326 e. The van der Waals surface area contributed by atoms with Gasteiger partial charge in [-0.15, -0.1) is 0 Å². The van der Waals surface area contributed by atoms with Crippen molar-refractivity contribution in [1.29, 1.82) is 0 Å². The summed E-state index contributed by atoms with van der Waals surface area (Å²) in [6.45, 7) is 6.77. The lowest BCUT2D eigenvalue weighted by Crippen LogP contribution is -2.04. The molecule has 1 aromatic carbocycles. The Morgan fingerprint density at radius 2 is 1.83 bits per heavy atom. The lowest BCUT2D eigenvalue weighted by atomic mass is 10.1. The largest absolute Gasteiger partial charge is 0.326 e. The molecule has 0 aliphatic rings. The molecule has 0 radical (unpaired) electrons. The van der Waals surface area contributed by atoms with Crippen LogP contribution in [0.1, 0.15) is 22.4 Å². The fraction of sp³-hybridized carbons (Fsp3) is 0.267. The molecule has 0 atom stereocenters. The molecular formula is C15H18N2S. The molecule has 1 aromatic heterocycles. The third-order valence-electron chi connectivity index (χ3n) is 2.94. The molecule has 1 heterocycles. The van der Waals surface area contributed by atoms with E-state index < -0.39 is 0 Å². The topological polar surface area (TPSA) is 38.9 Å². The molecule has 2 aromatic rings. The average Bonchev–Trinajstić information content (AvgIpc) is 2.31. The Labute approximate surface area is 113 Å². The minimum absolute atomic E-state index is 0.535. The van der Waals surface area contributed by atoms with E-state index in [0.717, 1.165) is 16.3 Å². The quantitative estimate of drug-likeness (QED) is 0.914. The van der Waals surface area contributed by atoms with Crippen LogP contribution in [0.4, 0.5) is 0 Å². The van der Waals surface area contributed by atoms with Gasteiger partial charge in [-0.25, -0.2) is 4.98 Å². The predicted octanol–water partition coefficient (Wildman–Crippen LogP) is 3.62. The van der Waals surface area contributed by atoms with Gasteiger partial charge in [0.25, 0.3) is 0 Å². The molecule has 0 spiro atoms. The summed E-state index contributed by atoms with van der Waals surface area (Å²) in [6.07, 6.45) is 0. The first-order valence-electron chi connectivity index (χ1n) is 6.02. The van der Waals surface area contributed by atoms with Crippen LogP contribution in [-0.2, 0) is 6.54 Å². The fourth-order valence-corrected chi connectivity index (χ4v) is 3.08. The molecule has 3 heteroatoms. The molecule has 2 nitrogen and oxygen atoms in total. The van der Waals surface area contributed by atoms with E-state index in [1.807, 2.05) is 6.92 Å². The van der Waals surface area contributed by atoms with E-state index in [0.29, 0.717) is 6.54 Å². The molecule has 94 valence electrons. The Bertz CT molecular complexity index is 564. The van der Waals surface area contributed by atoms with Gasteiger partial charge >= 0.3 is 0 Å². The first-order chi connectivity index (χ1) is 8.61. The van der Waals surface area contributed by atoms with Gasteiger partial charge in [-0.05, 0) is 44.0 Å². The summed E-state index contributed by atoms with van der Waals surface area (Å²) >= 11 is 1.70. The van der Waals surface area contributed by atoms with E-state index in [1.54, 1.807) is 11.8 Å². The van der Waals surface area contributed by atoms with Gasteiger partial charge in [0.2, 0.25) is 0 Å². The lowest BCUT2D eigenvalue weighted by molar-refractivity contribution is 0.922. The standard InChI is InChI=1S/C15H18N2S/c1-10-6-4-5-7-14(10)18-15-13(9-16)11(2)8-12(3)17-15/h4-8H,9,16H2,1-3H3. The number of aryl methyl sites for hydroxylation is 3. The van der Waals surface area contributed by atoms with Crippen molar-refractivity contribution in [2.24, 2.45) is 5.73 Å². The van der Waals surface area contributed by atoms with Crippen LogP contribution in [0.5, 0.6) is 0 Å². The van der Waals surface area contributed by atoms with E-state index >= 15 is 0 Å². The Kier molecular flexibility index (Phi) is 4.04. The molecule has 0 aliphatic carbocycles. The molecule has 0 saturated heterocycles. The summed E-state index contributed by atoms with van der Waals surface area (Å²) < 4.78 is 0. The van der Waals surface area contributed by atoms with E-state index in [2.05, 4.69) is 49.2 Å². The van der Waals surface area contributed by atoms with E-state index in [-0.39, 0.29) is 0 Å². The SMILES string of the molecule is Cc1cc(C)c(CN)c(Sc2ccccc2C)n1. The van der Waals surface area contributed by atoms with Crippen LogP contribution in [0.25, 0.3) is 0 Å². The van der Waals surface area contributed by atoms with Crippen molar-refractivity contribution in [3.05, 3.63) is 52.7 Å². The minimum atomic E-state index is 0.535. The van der Waals surface area contributed by atoms with E-state index in [9.17, 15) is 0 Å². The van der Waals surface area contributed by atoms with Crippen molar-refractivity contribution in [2.75, 3.05) is 0 Å². The van der Waals surface area contributed by atoms with Crippen LogP contribution in [0.3, 0.4) is 0 Å². The molecule has 2 rings (SSSR count). The molecule has 0 amide bonds. The highest BCUT2D eigenvalue weighted by Gasteiger charge is 2.10. The zero-order valence-electron chi connectivity index (χ0n) is 11.0. The van der Waals surface area contributed by atoms with Gasteiger partial charge in [0.15, 0.2) is 0 Å². The highest BCUT2D eigenvalue weighted by molar-refractivity contribution is 7.99. The maximum absolute atomic E-state index is 5.84. The van der Waals surface area contributed by atoms with Crippen molar-refractivity contribution < 1.29 is 0 Å². The average molecular weight is 258 g/mol. The van der Waals surface area contributed by atoms with Crippen LogP contribution < -0.4 is 5.73 Å². The third kappa shape index (κ3) is 2.74. The molecule has 0 unspecified atom stereocenters. The Morgan fingerprint density at radius 1 is 1.11 bits per heavy atom. The maximum atomic E-state index is 5.84. The molecule has 0 bridgehead atoms. The Hall–Kier alpha value is -1.32. The fourth-order valence-electron chi connectivity index (χ4n) is 1.94. The second-order valence-corrected chi connectivity index (χ2v) is 5.47. The number of hydrogen-bond acceptors (Lipinski definition) is 3. The number of hydrogen-bond donors (Lipinski definition) is 1. The first-order valence-corrected chi connectivity index (χ1v) is 6.84. The van der Waals surface area contributed by atoms with Gasteiger partial charge in [-0.1, -0.05) is 30.0 Å². The predicted molar refractivity (Wildman–Crippen MR) is 76.9 cm³/mol. The molecule has 18 heavy (non-hydrogen) atoms. The summed E-state index contributed by atoms with van der Waals surface area (Å²) in [5, 5.41) is 1.03. The van der Waals surface area contributed by atoms with Gasteiger partial charge in [-0.3, -0.25) is 0 Å². The maximum Gasteiger partial charge on any atom is 0.106 e. The normalized spacial score (nSPS) is 10.7. The number of nitrogens with zero attached hydrogens (tertiary/aromatic N) is 1. The van der Waals surface area contributed by atoms with Gasteiger partial charge in [0.1, 0.15) is 5.03 Å². The molecule has 0 saturated carbocycles. The van der Waals surface area contributed by atoms with Crippen LogP contribution in [-0.4, -0.2) is 4.98 Å². The second-order valence-electron chi connectivity index (χ2n) is 4.44. The number of aromatic nitrogens is 1. The third-order valence-corrected chi connectivity index (χ3v) is 4.15. The monoisotopic (exact) mass is 258 g/mol. The number of rotatable bonds is 3. The summed E-state index contributed by atoms with van der Waals surface area (Å²) in [5.41, 5.74) is 10.5. The lowest BCUT2D eigenvalue weighted by Gasteiger charge is -2.12. The van der Waals surface area contributed by atoms with Crippen LogP contribution in [0.2, 0.25) is 0 Å². The van der Waals surface area contributed by atoms with Crippen molar-refractivity contribution in [2.45, 2.75) is 37.2 Å². The number of benzene rings is 1. The van der Waals surface area contributed by atoms with E-state index in [4.69, 9.17) is 5.73 Å². The molecule has 0 aliphatic heterocycles. The highest BCUT2D eigenvalue weighted by atomic mass is 32.2. The van der Waals surface area contributed by atoms with Crippen molar-refractivity contribution in [3.63, 3.8) is 0 Å². The molecular weight excluding hydrogens is 240 g/mol. The van der Waals surface area contributed by atoms with Crippen LogP contribution >= 0.6 is 11.8 Å². The van der Waals surface area contributed by atoms with Crippen molar-refractivity contribution in [3.8, 4) is 0 Å². The summed E-state index contributed by atoms with van der Waals surface area (Å²) in [6, 6.07) is 10.4. The molecule has 0 fully saturated rings. The van der Waals surface area contributed by atoms with E-state index in [1.165, 1.54) is 16.0 Å². The zero-order valence-corrected chi connectivity index (χ0v) is 11.8. The number of pyridine rings is 1. The first kappa shape index (κ1) is 13.1. The van der Waals surface area contributed by atoms with Gasteiger partial charge in [0.05, 0.1) is 0 Å². The summed E-state index contributed by atoms with van der Waals surface area (Å²) in [7, 11) is 0. The smallest absolute Gasteiger partial charge is 0.106 e. The Morgan fingerprint density at radius 3 is 2.50 bits per heavy atom. The van der Waals surface area contributed by atoms with Crippen molar-refractivity contribution in [1.82, 2.24) is 4.98 Å². The van der Waals surface area contributed by atoms with Gasteiger partial charge < -0.3 is 5.73 Å². The van der Waals surface area contributed by atoms with Crippen LogP contribution in [0, 0.1) is 20.8 Å². The van der Waals surface area contributed by atoms with Gasteiger partial charge in [-0.2, -0.15) is 0 Å². The van der Waals surface area contributed by atoms with Crippen molar-refractivity contribution >= 4 is 11.8 Å².